The van der Waals surface area contributed by atoms with Crippen LogP contribution in [0.5, 0.6) is 0 Å². The van der Waals surface area contributed by atoms with E-state index in [0.717, 1.165) is 31.0 Å². The van der Waals surface area contributed by atoms with Crippen molar-refractivity contribution < 1.29 is 0 Å². The van der Waals surface area contributed by atoms with Crippen LogP contribution in [0.25, 0.3) is 0 Å². The van der Waals surface area contributed by atoms with Gasteiger partial charge >= 0.3 is 0 Å². The molecule has 0 bridgehead atoms. The quantitative estimate of drug-likeness (QED) is 0.594. The molecule has 0 aliphatic carbocycles. The lowest BCUT2D eigenvalue weighted by molar-refractivity contribution is 0.774. The molecule has 2 rings (SSSR count). The smallest absolute Gasteiger partial charge is 0.191 e. The van der Waals surface area contributed by atoms with Gasteiger partial charge in [0, 0.05) is 42.4 Å². The molecule has 2 aromatic rings. The van der Waals surface area contributed by atoms with Gasteiger partial charge in [0.1, 0.15) is 0 Å². The molecule has 0 aliphatic heterocycles. The lowest BCUT2D eigenvalue weighted by Gasteiger charge is -2.10. The lowest BCUT2D eigenvalue weighted by atomic mass is 10.2. The number of aliphatic imine (C=N–C) groups is 1. The van der Waals surface area contributed by atoms with Crippen LogP contribution in [-0.4, -0.2) is 29.5 Å². The van der Waals surface area contributed by atoms with Crippen molar-refractivity contribution in [2.24, 2.45) is 4.99 Å². The topological polar surface area (TPSA) is 62.2 Å². The Balaban J connectivity index is 1.74. The van der Waals surface area contributed by atoms with Crippen molar-refractivity contribution in [2.75, 3.05) is 13.6 Å². The zero-order valence-corrected chi connectivity index (χ0v) is 15.9. The molecule has 2 heterocycles. The number of nitrogens with zero attached hydrogens (tertiary/aromatic N) is 3. The van der Waals surface area contributed by atoms with E-state index in [4.69, 9.17) is 0 Å². The Morgan fingerprint density at radius 3 is 2.78 bits per heavy atom. The summed E-state index contributed by atoms with van der Waals surface area (Å²) in [7, 11) is 1.79. The number of hydrogen-bond acceptors (Lipinski definition) is 5. The van der Waals surface area contributed by atoms with Crippen molar-refractivity contribution >= 4 is 28.6 Å². The third-order valence-corrected chi connectivity index (χ3v) is 5.70. The summed E-state index contributed by atoms with van der Waals surface area (Å²) in [6, 6.07) is 0. The van der Waals surface area contributed by atoms with Gasteiger partial charge in [-0.1, -0.05) is 20.8 Å². The molecule has 0 atom stereocenters. The maximum Gasteiger partial charge on any atom is 0.191 e. The molecule has 0 spiro atoms. The third-order valence-electron chi connectivity index (χ3n) is 3.31. The monoisotopic (exact) mass is 351 g/mol. The van der Waals surface area contributed by atoms with E-state index in [9.17, 15) is 0 Å². The van der Waals surface area contributed by atoms with E-state index in [1.165, 1.54) is 14.9 Å². The van der Waals surface area contributed by atoms with Gasteiger partial charge in [-0.15, -0.1) is 22.7 Å². The Morgan fingerprint density at radius 2 is 2.17 bits per heavy atom. The molecule has 2 N–H and O–H groups in total. The Labute approximate surface area is 146 Å². The van der Waals surface area contributed by atoms with Crippen LogP contribution >= 0.6 is 22.7 Å². The highest BCUT2D eigenvalue weighted by Gasteiger charge is 2.06. The van der Waals surface area contributed by atoms with Crippen molar-refractivity contribution in [3.8, 4) is 0 Å². The van der Waals surface area contributed by atoms with E-state index in [2.05, 4.69) is 51.7 Å². The number of hydrogen-bond donors (Lipinski definition) is 2. The summed E-state index contributed by atoms with van der Waals surface area (Å²) in [4.78, 5) is 14.6. The number of thiazole rings is 2. The first-order chi connectivity index (χ1) is 11.1. The molecule has 0 radical (unpaired) electrons. The Kier molecular flexibility index (Phi) is 6.98. The van der Waals surface area contributed by atoms with Crippen LogP contribution < -0.4 is 10.6 Å². The zero-order chi connectivity index (χ0) is 16.7. The summed E-state index contributed by atoms with van der Waals surface area (Å²) in [5, 5.41) is 11.1. The van der Waals surface area contributed by atoms with Gasteiger partial charge in [0.05, 0.1) is 22.3 Å². The fourth-order valence-corrected chi connectivity index (χ4v) is 3.68. The van der Waals surface area contributed by atoms with Gasteiger partial charge in [-0.25, -0.2) is 9.97 Å². The average molecular weight is 352 g/mol. The SMILES string of the molecule is CCc1cnc(CCNC(=NC)NCc2csc(C(C)C)n2)s1. The Bertz CT molecular complexity index is 630. The summed E-state index contributed by atoms with van der Waals surface area (Å²) in [6.07, 6.45) is 3.95. The van der Waals surface area contributed by atoms with E-state index in [1.54, 1.807) is 29.7 Å². The molecule has 0 saturated heterocycles. The molecule has 7 heteroatoms. The molecular formula is C16H25N5S2. The molecule has 0 unspecified atom stereocenters. The van der Waals surface area contributed by atoms with Crippen LogP contribution in [0, 0.1) is 0 Å². The highest BCUT2D eigenvalue weighted by Crippen LogP contribution is 2.18. The second kappa shape index (κ2) is 8.98. The molecule has 0 aliphatic rings. The molecule has 0 saturated carbocycles. The van der Waals surface area contributed by atoms with Crippen molar-refractivity contribution in [2.45, 2.75) is 46.1 Å². The second-order valence-corrected chi connectivity index (χ2v) is 7.60. The predicted molar refractivity (Wildman–Crippen MR) is 99.6 cm³/mol. The molecular weight excluding hydrogens is 326 g/mol. The molecule has 5 nitrogen and oxygen atoms in total. The van der Waals surface area contributed by atoms with Crippen LogP contribution in [0.1, 0.15) is 47.3 Å². The minimum Gasteiger partial charge on any atom is -0.356 e. The first kappa shape index (κ1) is 17.9. The van der Waals surface area contributed by atoms with Crippen LogP contribution in [0.15, 0.2) is 16.6 Å². The molecule has 23 heavy (non-hydrogen) atoms. The van der Waals surface area contributed by atoms with Crippen molar-refractivity contribution in [3.05, 3.63) is 32.2 Å². The third kappa shape index (κ3) is 5.58. The van der Waals surface area contributed by atoms with Gasteiger partial charge in [-0.2, -0.15) is 0 Å². The molecule has 0 fully saturated rings. The minimum atomic E-state index is 0.484. The number of rotatable bonds is 7. The second-order valence-electron chi connectivity index (χ2n) is 5.51. The van der Waals surface area contributed by atoms with Gasteiger partial charge in [0.15, 0.2) is 5.96 Å². The number of guanidine groups is 1. The van der Waals surface area contributed by atoms with E-state index >= 15 is 0 Å². The predicted octanol–water partition coefficient (Wildman–Crippen LogP) is 3.19. The summed E-state index contributed by atoms with van der Waals surface area (Å²) in [5.74, 6) is 1.29. The van der Waals surface area contributed by atoms with Gasteiger partial charge in [-0.05, 0) is 6.42 Å². The van der Waals surface area contributed by atoms with E-state index in [1.807, 2.05) is 6.20 Å². The minimum absolute atomic E-state index is 0.484. The van der Waals surface area contributed by atoms with Gasteiger partial charge in [-0.3, -0.25) is 4.99 Å². The number of nitrogens with one attached hydrogen (secondary N) is 2. The van der Waals surface area contributed by atoms with Gasteiger partial charge in [0.2, 0.25) is 0 Å². The van der Waals surface area contributed by atoms with Gasteiger partial charge < -0.3 is 10.6 Å². The van der Waals surface area contributed by atoms with E-state index < -0.39 is 0 Å². The maximum atomic E-state index is 4.62. The Hall–Kier alpha value is -1.47. The molecule has 0 amide bonds. The number of aromatic nitrogens is 2. The van der Waals surface area contributed by atoms with Crippen LogP contribution in [0.3, 0.4) is 0 Å². The zero-order valence-electron chi connectivity index (χ0n) is 14.2. The average Bonchev–Trinajstić information content (AvgIpc) is 3.19. The standard InChI is InChI=1S/C16H25N5S2/c1-5-13-9-19-14(23-13)6-7-18-16(17-4)20-8-12-10-22-15(21-12)11(2)3/h9-11H,5-8H2,1-4H3,(H2,17,18,20). The fourth-order valence-electron chi connectivity index (χ4n) is 1.98. The first-order valence-electron chi connectivity index (χ1n) is 7.94. The van der Waals surface area contributed by atoms with Crippen molar-refractivity contribution in [1.29, 1.82) is 0 Å². The molecule has 2 aromatic heterocycles. The summed E-state index contributed by atoms with van der Waals surface area (Å²) >= 11 is 3.51. The van der Waals surface area contributed by atoms with Crippen LogP contribution in [0.2, 0.25) is 0 Å². The maximum absolute atomic E-state index is 4.62. The van der Waals surface area contributed by atoms with E-state index in [-0.39, 0.29) is 0 Å². The highest BCUT2D eigenvalue weighted by molar-refractivity contribution is 7.11. The first-order valence-corrected chi connectivity index (χ1v) is 9.64. The molecule has 126 valence electrons. The Morgan fingerprint density at radius 1 is 1.35 bits per heavy atom. The van der Waals surface area contributed by atoms with Crippen molar-refractivity contribution in [3.63, 3.8) is 0 Å². The highest BCUT2D eigenvalue weighted by atomic mass is 32.1. The summed E-state index contributed by atoms with van der Waals surface area (Å²) in [6.45, 7) is 8.01. The van der Waals surface area contributed by atoms with Crippen LogP contribution in [0.4, 0.5) is 0 Å². The largest absolute Gasteiger partial charge is 0.356 e. The lowest BCUT2D eigenvalue weighted by Crippen LogP contribution is -2.37. The fraction of sp³-hybridized carbons (Fsp3) is 0.562. The number of aryl methyl sites for hydroxylation is 1. The van der Waals surface area contributed by atoms with E-state index in [0.29, 0.717) is 12.5 Å². The molecule has 0 aromatic carbocycles. The summed E-state index contributed by atoms with van der Waals surface area (Å²) < 4.78 is 0. The van der Waals surface area contributed by atoms with Gasteiger partial charge in [0.25, 0.3) is 0 Å². The van der Waals surface area contributed by atoms with Crippen LogP contribution in [-0.2, 0) is 19.4 Å². The normalized spacial score (nSPS) is 12.0. The summed E-state index contributed by atoms with van der Waals surface area (Å²) in [5.41, 5.74) is 1.06. The van der Waals surface area contributed by atoms with Crippen molar-refractivity contribution in [1.82, 2.24) is 20.6 Å².